The number of unbranched alkanes of at least 4 members (excludes halogenated alkanes) is 1. The highest BCUT2D eigenvalue weighted by atomic mass is 32.2. The van der Waals surface area contributed by atoms with Gasteiger partial charge in [-0.05, 0) is 68.4 Å². The molecule has 0 atom stereocenters. The van der Waals surface area contributed by atoms with Gasteiger partial charge in [0.15, 0.2) is 0 Å². The number of hydrogen-bond acceptors (Lipinski definition) is 5. The third-order valence-corrected chi connectivity index (χ3v) is 7.02. The Hall–Kier alpha value is -2.83. The molecule has 0 saturated carbocycles. The molecule has 1 aliphatic heterocycles. The van der Waals surface area contributed by atoms with Crippen molar-refractivity contribution in [2.75, 3.05) is 42.6 Å². The normalized spacial score (nSPS) is 14.2. The minimum absolute atomic E-state index is 0.0246. The Morgan fingerprint density at radius 2 is 1.91 bits per heavy atom. The number of aromatic nitrogens is 1. The van der Waals surface area contributed by atoms with Crippen molar-refractivity contribution < 1.29 is 4.79 Å². The van der Waals surface area contributed by atoms with E-state index in [1.54, 1.807) is 6.20 Å². The van der Waals surface area contributed by atoms with Gasteiger partial charge in [-0.15, -0.1) is 11.8 Å². The molecule has 172 valence electrons. The summed E-state index contributed by atoms with van der Waals surface area (Å²) in [6.45, 7) is 8.65. The van der Waals surface area contributed by atoms with Gasteiger partial charge in [-0.3, -0.25) is 9.78 Å². The van der Waals surface area contributed by atoms with Crippen LogP contribution in [0.2, 0.25) is 0 Å². The van der Waals surface area contributed by atoms with Gasteiger partial charge >= 0.3 is 0 Å². The third kappa shape index (κ3) is 5.75. The molecule has 2 aromatic carbocycles. The quantitative estimate of drug-likeness (QED) is 0.212. The summed E-state index contributed by atoms with van der Waals surface area (Å²) in [4.78, 5) is 20.7. The maximum absolute atomic E-state index is 12.5. The van der Waals surface area contributed by atoms with Gasteiger partial charge in [0.25, 0.3) is 5.91 Å². The summed E-state index contributed by atoms with van der Waals surface area (Å²) in [5, 5.41) is 7.50. The molecule has 2 heterocycles. The molecule has 1 aromatic heterocycles. The second kappa shape index (κ2) is 11.3. The van der Waals surface area contributed by atoms with E-state index in [1.807, 2.05) is 36.0 Å². The van der Waals surface area contributed by atoms with E-state index in [0.717, 1.165) is 78.2 Å². The van der Waals surface area contributed by atoms with E-state index in [1.165, 1.54) is 4.90 Å². The number of carbonyl (C=O) groups excluding carboxylic acids is 1. The fourth-order valence-electron chi connectivity index (χ4n) is 4.13. The fourth-order valence-corrected chi connectivity index (χ4v) is 5.04. The Morgan fingerprint density at radius 3 is 2.70 bits per heavy atom. The van der Waals surface area contributed by atoms with Crippen molar-refractivity contribution in [3.63, 3.8) is 0 Å². The Labute approximate surface area is 200 Å². The van der Waals surface area contributed by atoms with Gasteiger partial charge < -0.3 is 15.5 Å². The molecular weight excluding hydrogens is 428 g/mol. The molecule has 6 heteroatoms. The molecule has 33 heavy (non-hydrogen) atoms. The van der Waals surface area contributed by atoms with E-state index in [2.05, 4.69) is 64.7 Å². The zero-order chi connectivity index (χ0) is 23.0. The summed E-state index contributed by atoms with van der Waals surface area (Å²) < 4.78 is 0. The highest BCUT2D eigenvalue weighted by Crippen LogP contribution is 2.37. The third-order valence-electron chi connectivity index (χ3n) is 6.03. The number of allylic oxidation sites excluding steroid dienone is 1. The molecule has 0 radical (unpaired) electrons. The monoisotopic (exact) mass is 460 g/mol. The number of fused-ring (bicyclic) bond motifs is 3. The average molecular weight is 461 g/mol. The number of rotatable bonds is 11. The molecule has 0 bridgehead atoms. The molecule has 0 aliphatic carbocycles. The number of benzene rings is 2. The van der Waals surface area contributed by atoms with Crippen LogP contribution in [-0.4, -0.2) is 47.7 Å². The highest BCUT2D eigenvalue weighted by Gasteiger charge is 2.25. The van der Waals surface area contributed by atoms with Crippen LogP contribution in [0.5, 0.6) is 0 Å². The van der Waals surface area contributed by atoms with Gasteiger partial charge in [-0.1, -0.05) is 26.0 Å². The summed E-state index contributed by atoms with van der Waals surface area (Å²) in [7, 11) is 0. The number of nitrogens with one attached hydrogen (secondary N) is 2. The van der Waals surface area contributed by atoms with Crippen molar-refractivity contribution >= 4 is 45.5 Å². The highest BCUT2D eigenvalue weighted by molar-refractivity contribution is 7.99. The van der Waals surface area contributed by atoms with Crippen LogP contribution in [0.25, 0.3) is 16.5 Å². The number of carbonyl (C=O) groups is 1. The first-order valence-corrected chi connectivity index (χ1v) is 12.8. The van der Waals surface area contributed by atoms with E-state index in [-0.39, 0.29) is 5.91 Å². The number of amides is 1. The van der Waals surface area contributed by atoms with Crippen molar-refractivity contribution in [3.8, 4) is 0 Å². The van der Waals surface area contributed by atoms with Crippen LogP contribution >= 0.6 is 11.8 Å². The maximum atomic E-state index is 12.5. The smallest absolute Gasteiger partial charge is 0.256 e. The number of thioether (sulfide) groups is 1. The molecular formula is C27H32N4OS. The van der Waals surface area contributed by atoms with E-state index < -0.39 is 0 Å². The first kappa shape index (κ1) is 23.3. The average Bonchev–Trinajstić information content (AvgIpc) is 3.18. The Kier molecular flexibility index (Phi) is 8.02. The lowest BCUT2D eigenvalue weighted by Crippen LogP contribution is -2.25. The van der Waals surface area contributed by atoms with Gasteiger partial charge in [-0.2, -0.15) is 0 Å². The van der Waals surface area contributed by atoms with Crippen LogP contribution in [0.1, 0.15) is 32.3 Å². The van der Waals surface area contributed by atoms with E-state index in [9.17, 15) is 4.79 Å². The lowest BCUT2D eigenvalue weighted by Gasteiger charge is -2.17. The van der Waals surface area contributed by atoms with Crippen LogP contribution in [0.3, 0.4) is 0 Å². The molecule has 0 fully saturated rings. The van der Waals surface area contributed by atoms with Crippen molar-refractivity contribution in [1.29, 1.82) is 0 Å². The van der Waals surface area contributed by atoms with Gasteiger partial charge in [0.1, 0.15) is 0 Å². The van der Waals surface area contributed by atoms with Crippen LogP contribution in [0, 0.1) is 0 Å². The van der Waals surface area contributed by atoms with Gasteiger partial charge in [-0.25, -0.2) is 0 Å². The SMILES string of the molecule is CCN(CC)CCSc1ccc(NCCC/C=C2\C(=O)Nc3ccc4ncccc4c32)cc1. The maximum Gasteiger partial charge on any atom is 0.256 e. The van der Waals surface area contributed by atoms with Crippen molar-refractivity contribution in [3.05, 3.63) is 66.4 Å². The molecule has 0 unspecified atom stereocenters. The molecule has 0 saturated heterocycles. The predicted octanol–water partition coefficient (Wildman–Crippen LogP) is 5.90. The minimum atomic E-state index is -0.0246. The first-order valence-electron chi connectivity index (χ1n) is 11.8. The first-order chi connectivity index (χ1) is 16.2. The summed E-state index contributed by atoms with van der Waals surface area (Å²) in [5.74, 6) is 1.09. The summed E-state index contributed by atoms with van der Waals surface area (Å²) in [6.07, 6.45) is 5.64. The topological polar surface area (TPSA) is 57.3 Å². The fraction of sp³-hybridized carbons (Fsp3) is 0.333. The lowest BCUT2D eigenvalue weighted by atomic mass is 10.0. The molecule has 2 N–H and O–H groups in total. The summed E-state index contributed by atoms with van der Waals surface area (Å²) in [6, 6.07) is 16.5. The molecule has 4 rings (SSSR count). The number of anilines is 2. The Balaban J connectivity index is 1.26. The summed E-state index contributed by atoms with van der Waals surface area (Å²) in [5.41, 5.74) is 4.66. The van der Waals surface area contributed by atoms with E-state index in [4.69, 9.17) is 0 Å². The molecule has 5 nitrogen and oxygen atoms in total. The minimum Gasteiger partial charge on any atom is -0.385 e. The van der Waals surface area contributed by atoms with Crippen LogP contribution in [-0.2, 0) is 4.79 Å². The number of nitrogens with zero attached hydrogens (tertiary/aromatic N) is 2. The van der Waals surface area contributed by atoms with Crippen molar-refractivity contribution in [1.82, 2.24) is 9.88 Å². The van der Waals surface area contributed by atoms with Crippen LogP contribution in [0.15, 0.2) is 65.7 Å². The molecule has 3 aromatic rings. The van der Waals surface area contributed by atoms with E-state index >= 15 is 0 Å². The molecule has 1 aliphatic rings. The largest absolute Gasteiger partial charge is 0.385 e. The number of hydrogen-bond donors (Lipinski definition) is 2. The van der Waals surface area contributed by atoms with Crippen molar-refractivity contribution in [2.24, 2.45) is 0 Å². The van der Waals surface area contributed by atoms with Crippen LogP contribution < -0.4 is 10.6 Å². The molecule has 1 amide bonds. The lowest BCUT2D eigenvalue weighted by molar-refractivity contribution is -0.110. The standard InChI is InChI=1S/C27H32N4OS/c1-3-31(4-2)18-19-33-21-12-10-20(11-13-21)28-16-6-5-8-23-26-22-9-7-17-29-24(22)14-15-25(26)30-27(23)32/h7-15,17,28H,3-6,16,18-19H2,1-2H3,(H,30,32)/b23-8-. The van der Waals surface area contributed by atoms with Crippen LogP contribution in [0.4, 0.5) is 11.4 Å². The summed E-state index contributed by atoms with van der Waals surface area (Å²) >= 11 is 1.91. The van der Waals surface area contributed by atoms with Gasteiger partial charge in [0.2, 0.25) is 0 Å². The number of pyridine rings is 1. The Bertz CT molecular complexity index is 1120. The Morgan fingerprint density at radius 1 is 1.09 bits per heavy atom. The predicted molar refractivity (Wildman–Crippen MR) is 141 cm³/mol. The second-order valence-corrected chi connectivity index (χ2v) is 9.27. The zero-order valence-corrected chi connectivity index (χ0v) is 20.3. The molecule has 0 spiro atoms. The van der Waals surface area contributed by atoms with Crippen molar-refractivity contribution in [2.45, 2.75) is 31.6 Å². The zero-order valence-electron chi connectivity index (χ0n) is 19.4. The second-order valence-electron chi connectivity index (χ2n) is 8.10. The van der Waals surface area contributed by atoms with Gasteiger partial charge in [0.05, 0.1) is 5.52 Å². The van der Waals surface area contributed by atoms with Gasteiger partial charge in [0, 0.05) is 57.8 Å². The van der Waals surface area contributed by atoms with E-state index in [0.29, 0.717) is 0 Å².